The molecule has 2 rings (SSSR count). The molecule has 0 bridgehead atoms. The monoisotopic (exact) mass is 262 g/mol. The summed E-state index contributed by atoms with van der Waals surface area (Å²) in [6.45, 7) is 7.59. The molecule has 0 amide bonds. The van der Waals surface area contributed by atoms with E-state index in [1.165, 1.54) is 18.4 Å². The van der Waals surface area contributed by atoms with Crippen LogP contribution in [0.3, 0.4) is 0 Å². The highest BCUT2D eigenvalue weighted by atomic mass is 16.5. The molecule has 0 radical (unpaired) electrons. The lowest BCUT2D eigenvalue weighted by molar-refractivity contribution is 0.130. The molecule has 0 aliphatic heterocycles. The van der Waals surface area contributed by atoms with Crippen LogP contribution in [-0.4, -0.2) is 17.6 Å². The molecule has 1 atom stereocenters. The highest BCUT2D eigenvalue weighted by Gasteiger charge is 2.20. The van der Waals surface area contributed by atoms with Crippen LogP contribution in [0.4, 0.5) is 0 Å². The maximum Gasteiger partial charge on any atom is 0.213 e. The number of ether oxygens (including phenoxy) is 1. The summed E-state index contributed by atoms with van der Waals surface area (Å²) in [5.74, 6) is 1.63. The lowest BCUT2D eigenvalue weighted by Gasteiger charge is -2.26. The van der Waals surface area contributed by atoms with Gasteiger partial charge in [-0.25, -0.2) is 4.98 Å². The Labute approximate surface area is 116 Å². The summed E-state index contributed by atoms with van der Waals surface area (Å²) in [7, 11) is 0. The zero-order chi connectivity index (χ0) is 13.7. The number of nitrogens with one attached hydrogen (secondary N) is 1. The largest absolute Gasteiger partial charge is 0.474 e. The first kappa shape index (κ1) is 14.3. The van der Waals surface area contributed by atoms with Gasteiger partial charge in [0.1, 0.15) is 6.10 Å². The van der Waals surface area contributed by atoms with Crippen LogP contribution in [0.2, 0.25) is 0 Å². The second kappa shape index (κ2) is 6.90. The summed E-state index contributed by atoms with van der Waals surface area (Å²) in [6, 6.07) is 4.48. The third-order valence-electron chi connectivity index (χ3n) is 4.02. The molecule has 106 valence electrons. The molecule has 0 spiro atoms. The van der Waals surface area contributed by atoms with Crippen molar-refractivity contribution in [3.8, 4) is 5.88 Å². The molecular formula is C16H26N2O. The van der Waals surface area contributed by atoms with Crippen molar-refractivity contribution in [3.05, 3.63) is 23.9 Å². The fraction of sp³-hybridized carbons (Fsp3) is 0.688. The highest BCUT2D eigenvalue weighted by Crippen LogP contribution is 2.27. The van der Waals surface area contributed by atoms with Gasteiger partial charge in [0.05, 0.1) is 0 Å². The van der Waals surface area contributed by atoms with Crippen molar-refractivity contribution in [3.63, 3.8) is 0 Å². The highest BCUT2D eigenvalue weighted by molar-refractivity contribution is 5.23. The van der Waals surface area contributed by atoms with Crippen LogP contribution < -0.4 is 10.1 Å². The fourth-order valence-corrected chi connectivity index (χ4v) is 2.70. The summed E-state index contributed by atoms with van der Waals surface area (Å²) in [5, 5.41) is 3.42. The van der Waals surface area contributed by atoms with Crippen LogP contribution in [0.1, 0.15) is 58.1 Å². The van der Waals surface area contributed by atoms with Gasteiger partial charge in [0, 0.05) is 18.3 Å². The Morgan fingerprint density at radius 3 is 2.79 bits per heavy atom. The Hall–Kier alpha value is -1.09. The number of hydrogen-bond acceptors (Lipinski definition) is 3. The van der Waals surface area contributed by atoms with Crippen molar-refractivity contribution in [2.75, 3.05) is 6.54 Å². The van der Waals surface area contributed by atoms with E-state index in [2.05, 4.69) is 43.2 Å². The minimum Gasteiger partial charge on any atom is -0.474 e. The predicted octanol–water partition coefficient (Wildman–Crippen LogP) is 3.71. The van der Waals surface area contributed by atoms with E-state index in [0.29, 0.717) is 12.1 Å². The lowest BCUT2D eigenvalue weighted by atomic mass is 9.89. The van der Waals surface area contributed by atoms with E-state index >= 15 is 0 Å². The minimum absolute atomic E-state index is 0.349. The van der Waals surface area contributed by atoms with Crippen molar-refractivity contribution in [2.24, 2.45) is 5.92 Å². The van der Waals surface area contributed by atoms with Gasteiger partial charge in [-0.3, -0.25) is 0 Å². The molecular weight excluding hydrogens is 236 g/mol. The van der Waals surface area contributed by atoms with Gasteiger partial charge in [0.15, 0.2) is 0 Å². The second-order valence-electron chi connectivity index (χ2n) is 5.71. The second-order valence-corrected chi connectivity index (χ2v) is 5.71. The summed E-state index contributed by atoms with van der Waals surface area (Å²) in [5.41, 5.74) is 1.25. The van der Waals surface area contributed by atoms with Crippen molar-refractivity contribution < 1.29 is 4.74 Å². The first-order valence-corrected chi connectivity index (χ1v) is 7.55. The molecule has 3 nitrogen and oxygen atoms in total. The normalized spacial score (nSPS) is 25.0. The molecule has 19 heavy (non-hydrogen) atoms. The van der Waals surface area contributed by atoms with E-state index in [0.717, 1.165) is 31.2 Å². The Morgan fingerprint density at radius 1 is 1.37 bits per heavy atom. The van der Waals surface area contributed by atoms with Crippen LogP contribution in [0.15, 0.2) is 18.3 Å². The third-order valence-corrected chi connectivity index (χ3v) is 4.02. The molecule has 0 aromatic carbocycles. The molecule has 1 aromatic rings. The van der Waals surface area contributed by atoms with Crippen LogP contribution in [-0.2, 0) is 0 Å². The van der Waals surface area contributed by atoms with E-state index in [1.807, 2.05) is 6.20 Å². The topological polar surface area (TPSA) is 34.2 Å². The number of hydrogen-bond donors (Lipinski definition) is 1. The van der Waals surface area contributed by atoms with Crippen LogP contribution in [0.5, 0.6) is 5.88 Å². The Morgan fingerprint density at radius 2 is 2.11 bits per heavy atom. The zero-order valence-electron chi connectivity index (χ0n) is 12.4. The SMILES string of the molecule is CCNC(C)c1ccnc(OC2CCC(C)CC2)c1. The molecule has 0 saturated heterocycles. The van der Waals surface area contributed by atoms with E-state index in [4.69, 9.17) is 4.74 Å². The van der Waals surface area contributed by atoms with Crippen molar-refractivity contribution in [1.29, 1.82) is 0 Å². The maximum absolute atomic E-state index is 6.03. The van der Waals surface area contributed by atoms with Crippen LogP contribution >= 0.6 is 0 Å². The zero-order valence-corrected chi connectivity index (χ0v) is 12.4. The fourth-order valence-electron chi connectivity index (χ4n) is 2.70. The average molecular weight is 262 g/mol. The number of rotatable bonds is 5. The van der Waals surface area contributed by atoms with Crippen molar-refractivity contribution in [1.82, 2.24) is 10.3 Å². The van der Waals surface area contributed by atoms with Crippen LogP contribution in [0, 0.1) is 5.92 Å². The van der Waals surface area contributed by atoms with Gasteiger partial charge >= 0.3 is 0 Å². The van der Waals surface area contributed by atoms with Crippen LogP contribution in [0.25, 0.3) is 0 Å². The van der Waals surface area contributed by atoms with Gasteiger partial charge in [-0.05, 0) is 56.7 Å². The molecule has 1 fully saturated rings. The van der Waals surface area contributed by atoms with Gasteiger partial charge in [-0.15, -0.1) is 0 Å². The average Bonchev–Trinajstić information content (AvgIpc) is 2.42. The molecule has 3 heteroatoms. The van der Waals surface area contributed by atoms with Gasteiger partial charge < -0.3 is 10.1 Å². The molecule has 1 heterocycles. The standard InChI is InChI=1S/C16H26N2O/c1-4-17-13(3)14-9-10-18-16(11-14)19-15-7-5-12(2)6-8-15/h9-13,15,17H,4-8H2,1-3H3. The van der Waals surface area contributed by atoms with Gasteiger partial charge in [-0.2, -0.15) is 0 Å². The minimum atomic E-state index is 0.349. The van der Waals surface area contributed by atoms with Gasteiger partial charge in [0.25, 0.3) is 0 Å². The summed E-state index contributed by atoms with van der Waals surface area (Å²) >= 11 is 0. The quantitative estimate of drug-likeness (QED) is 0.878. The van der Waals surface area contributed by atoms with Gasteiger partial charge in [-0.1, -0.05) is 13.8 Å². The van der Waals surface area contributed by atoms with E-state index in [1.54, 1.807) is 0 Å². The summed E-state index contributed by atoms with van der Waals surface area (Å²) in [4.78, 5) is 4.35. The molecule has 1 unspecified atom stereocenters. The van der Waals surface area contributed by atoms with E-state index < -0.39 is 0 Å². The summed E-state index contributed by atoms with van der Waals surface area (Å²) in [6.07, 6.45) is 7.08. The summed E-state index contributed by atoms with van der Waals surface area (Å²) < 4.78 is 6.03. The van der Waals surface area contributed by atoms with Crippen molar-refractivity contribution in [2.45, 2.75) is 58.6 Å². The smallest absolute Gasteiger partial charge is 0.213 e. The lowest BCUT2D eigenvalue weighted by Crippen LogP contribution is -2.23. The first-order valence-electron chi connectivity index (χ1n) is 7.55. The molecule has 1 aliphatic rings. The van der Waals surface area contributed by atoms with E-state index in [-0.39, 0.29) is 0 Å². The Bertz CT molecular complexity index is 386. The molecule has 1 saturated carbocycles. The maximum atomic E-state index is 6.03. The molecule has 1 aliphatic carbocycles. The van der Waals surface area contributed by atoms with Gasteiger partial charge in [0.2, 0.25) is 5.88 Å². The number of nitrogens with zero attached hydrogens (tertiary/aromatic N) is 1. The molecule has 1 N–H and O–H groups in total. The molecule has 1 aromatic heterocycles. The van der Waals surface area contributed by atoms with Crippen molar-refractivity contribution >= 4 is 0 Å². The number of pyridine rings is 1. The number of aromatic nitrogens is 1. The third kappa shape index (κ3) is 4.20. The Balaban J connectivity index is 1.95. The van der Waals surface area contributed by atoms with E-state index in [9.17, 15) is 0 Å². The Kier molecular flexibility index (Phi) is 5.20. The predicted molar refractivity (Wildman–Crippen MR) is 78.4 cm³/mol. The first-order chi connectivity index (χ1) is 9.19.